The van der Waals surface area contributed by atoms with Gasteiger partial charge in [-0.15, -0.1) is 0 Å². The van der Waals surface area contributed by atoms with E-state index in [0.29, 0.717) is 18.1 Å². The van der Waals surface area contributed by atoms with Crippen LogP contribution in [0.5, 0.6) is 5.75 Å². The number of benzene rings is 1. The summed E-state index contributed by atoms with van der Waals surface area (Å²) in [6.45, 7) is 0.963. The Morgan fingerprint density at radius 1 is 1.35 bits per heavy atom. The van der Waals surface area contributed by atoms with Crippen LogP contribution in [0.2, 0.25) is 5.02 Å². The fourth-order valence-corrected chi connectivity index (χ4v) is 1.59. The van der Waals surface area contributed by atoms with Crippen molar-refractivity contribution in [3.8, 4) is 5.75 Å². The Labute approximate surface area is 106 Å². The third kappa shape index (κ3) is 4.24. The maximum atomic E-state index is 11.5. The Morgan fingerprint density at radius 2 is 2.00 bits per heavy atom. The zero-order chi connectivity index (χ0) is 13.0. The molecule has 0 unspecified atom stereocenters. The van der Waals surface area contributed by atoms with Crippen LogP contribution in [0.25, 0.3) is 0 Å². The summed E-state index contributed by atoms with van der Waals surface area (Å²) in [5, 5.41) is 9.62. The predicted octanol–water partition coefficient (Wildman–Crippen LogP) is 1.57. The molecule has 1 N–H and O–H groups in total. The molecule has 1 aromatic rings. The molecule has 0 aliphatic rings. The molecule has 0 bridgehead atoms. The number of halogens is 1. The van der Waals surface area contributed by atoms with Crippen molar-refractivity contribution in [3.63, 3.8) is 0 Å². The van der Waals surface area contributed by atoms with Crippen LogP contribution in [-0.4, -0.2) is 48.5 Å². The SMILES string of the molecule is CN(CC(=O)N(C)C)Cc1ccc(O)c(Cl)c1. The lowest BCUT2D eigenvalue weighted by atomic mass is 10.2. The second-order valence-electron chi connectivity index (χ2n) is 4.25. The third-order valence-corrected chi connectivity index (χ3v) is 2.67. The quantitative estimate of drug-likeness (QED) is 0.889. The van der Waals surface area contributed by atoms with Crippen LogP contribution in [0.4, 0.5) is 0 Å². The minimum atomic E-state index is 0.0531. The summed E-state index contributed by atoms with van der Waals surface area (Å²) in [6, 6.07) is 5.05. The van der Waals surface area contributed by atoms with Crippen molar-refractivity contribution < 1.29 is 9.90 Å². The number of hydrogen-bond donors (Lipinski definition) is 1. The topological polar surface area (TPSA) is 43.8 Å². The molecule has 1 amide bonds. The lowest BCUT2D eigenvalue weighted by Crippen LogP contribution is -2.34. The molecule has 1 rings (SSSR count). The number of aromatic hydroxyl groups is 1. The van der Waals surface area contributed by atoms with Crippen LogP contribution < -0.4 is 0 Å². The van der Waals surface area contributed by atoms with Gasteiger partial charge in [0.2, 0.25) is 5.91 Å². The summed E-state index contributed by atoms with van der Waals surface area (Å²) in [5.41, 5.74) is 0.960. The van der Waals surface area contributed by atoms with Crippen molar-refractivity contribution in [2.24, 2.45) is 0 Å². The normalized spacial score (nSPS) is 10.6. The van der Waals surface area contributed by atoms with Gasteiger partial charge in [-0.2, -0.15) is 0 Å². The summed E-state index contributed by atoms with van der Waals surface area (Å²) in [7, 11) is 5.32. The summed E-state index contributed by atoms with van der Waals surface area (Å²) in [4.78, 5) is 14.9. The summed E-state index contributed by atoms with van der Waals surface area (Å²) in [6.07, 6.45) is 0. The fourth-order valence-electron chi connectivity index (χ4n) is 1.39. The van der Waals surface area contributed by atoms with E-state index in [1.54, 1.807) is 37.2 Å². The molecule has 0 heterocycles. The van der Waals surface area contributed by atoms with Crippen LogP contribution in [0.15, 0.2) is 18.2 Å². The van der Waals surface area contributed by atoms with Crippen molar-refractivity contribution in [1.29, 1.82) is 0 Å². The number of rotatable bonds is 4. The minimum absolute atomic E-state index is 0.0531. The predicted molar refractivity (Wildman–Crippen MR) is 68.1 cm³/mol. The summed E-state index contributed by atoms with van der Waals surface area (Å²) >= 11 is 5.81. The third-order valence-electron chi connectivity index (χ3n) is 2.37. The van der Waals surface area contributed by atoms with Gasteiger partial charge >= 0.3 is 0 Å². The second-order valence-corrected chi connectivity index (χ2v) is 4.65. The highest BCUT2D eigenvalue weighted by molar-refractivity contribution is 6.32. The molecule has 0 spiro atoms. The zero-order valence-electron chi connectivity index (χ0n) is 10.3. The highest BCUT2D eigenvalue weighted by Gasteiger charge is 2.09. The molecule has 0 radical (unpaired) electrons. The van der Waals surface area contributed by atoms with Crippen molar-refractivity contribution >= 4 is 17.5 Å². The van der Waals surface area contributed by atoms with Gasteiger partial charge in [-0.05, 0) is 24.7 Å². The Hall–Kier alpha value is -1.26. The van der Waals surface area contributed by atoms with Crippen LogP contribution in [0.3, 0.4) is 0 Å². The molecular formula is C12H17ClN2O2. The lowest BCUT2D eigenvalue weighted by Gasteiger charge is -2.19. The van der Waals surface area contributed by atoms with Gasteiger partial charge in [0.05, 0.1) is 11.6 Å². The molecule has 0 fully saturated rings. The molecule has 0 aromatic heterocycles. The standard InChI is InChI=1S/C12H17ClN2O2/c1-14(2)12(17)8-15(3)7-9-4-5-11(16)10(13)6-9/h4-6,16H,7-8H2,1-3H3. The van der Waals surface area contributed by atoms with E-state index in [9.17, 15) is 9.90 Å². The van der Waals surface area contributed by atoms with E-state index in [1.807, 2.05) is 11.9 Å². The smallest absolute Gasteiger partial charge is 0.236 e. The van der Waals surface area contributed by atoms with Gasteiger partial charge in [0.25, 0.3) is 0 Å². The first-order valence-corrected chi connectivity index (χ1v) is 5.64. The van der Waals surface area contributed by atoms with E-state index in [0.717, 1.165) is 5.56 Å². The van der Waals surface area contributed by atoms with Crippen molar-refractivity contribution in [2.45, 2.75) is 6.54 Å². The average molecular weight is 257 g/mol. The first-order chi connectivity index (χ1) is 7.90. The van der Waals surface area contributed by atoms with E-state index in [1.165, 1.54) is 0 Å². The Morgan fingerprint density at radius 3 is 2.53 bits per heavy atom. The molecule has 4 nitrogen and oxygen atoms in total. The van der Waals surface area contributed by atoms with Gasteiger partial charge in [0, 0.05) is 20.6 Å². The van der Waals surface area contributed by atoms with Crippen molar-refractivity contribution in [3.05, 3.63) is 28.8 Å². The molecule has 0 saturated heterocycles. The molecule has 0 atom stereocenters. The molecular weight excluding hydrogens is 240 g/mol. The number of phenols is 1. The Bertz CT molecular complexity index is 407. The lowest BCUT2D eigenvalue weighted by molar-refractivity contribution is -0.129. The van der Waals surface area contributed by atoms with E-state index < -0.39 is 0 Å². The molecule has 0 aliphatic heterocycles. The van der Waals surface area contributed by atoms with E-state index in [2.05, 4.69) is 0 Å². The summed E-state index contributed by atoms with van der Waals surface area (Å²) in [5.74, 6) is 0.125. The van der Waals surface area contributed by atoms with Gasteiger partial charge in [-0.3, -0.25) is 9.69 Å². The van der Waals surface area contributed by atoms with E-state index >= 15 is 0 Å². The number of phenolic OH excluding ortho intramolecular Hbond substituents is 1. The minimum Gasteiger partial charge on any atom is -0.506 e. The van der Waals surface area contributed by atoms with E-state index in [-0.39, 0.29) is 11.7 Å². The monoisotopic (exact) mass is 256 g/mol. The second kappa shape index (κ2) is 5.89. The van der Waals surface area contributed by atoms with E-state index in [4.69, 9.17) is 11.6 Å². The van der Waals surface area contributed by atoms with Gasteiger partial charge in [0.15, 0.2) is 0 Å². The number of nitrogens with zero attached hydrogens (tertiary/aromatic N) is 2. The van der Waals surface area contributed by atoms with Crippen molar-refractivity contribution in [1.82, 2.24) is 9.80 Å². The molecule has 17 heavy (non-hydrogen) atoms. The summed E-state index contributed by atoms with van der Waals surface area (Å²) < 4.78 is 0. The maximum absolute atomic E-state index is 11.5. The Balaban J connectivity index is 2.59. The average Bonchev–Trinajstić information content (AvgIpc) is 2.23. The first kappa shape index (κ1) is 13.8. The number of amides is 1. The van der Waals surface area contributed by atoms with Crippen molar-refractivity contribution in [2.75, 3.05) is 27.7 Å². The number of carbonyl (C=O) groups excluding carboxylic acids is 1. The molecule has 0 aliphatic carbocycles. The molecule has 0 saturated carbocycles. The fraction of sp³-hybridized carbons (Fsp3) is 0.417. The van der Waals surface area contributed by atoms with Crippen LogP contribution in [-0.2, 0) is 11.3 Å². The van der Waals surface area contributed by atoms with Gasteiger partial charge < -0.3 is 10.0 Å². The molecule has 1 aromatic carbocycles. The van der Waals surface area contributed by atoms with Gasteiger partial charge in [-0.25, -0.2) is 0 Å². The largest absolute Gasteiger partial charge is 0.506 e. The van der Waals surface area contributed by atoms with Crippen LogP contribution in [0.1, 0.15) is 5.56 Å². The first-order valence-electron chi connectivity index (χ1n) is 5.26. The Kier molecular flexibility index (Phi) is 4.78. The maximum Gasteiger partial charge on any atom is 0.236 e. The highest BCUT2D eigenvalue weighted by Crippen LogP contribution is 2.23. The number of likely N-dealkylation sites (N-methyl/N-ethyl adjacent to an activating group) is 2. The molecule has 94 valence electrons. The number of carbonyl (C=O) groups is 1. The van der Waals surface area contributed by atoms with Crippen LogP contribution in [0, 0.1) is 0 Å². The van der Waals surface area contributed by atoms with Crippen LogP contribution >= 0.6 is 11.6 Å². The highest BCUT2D eigenvalue weighted by atomic mass is 35.5. The van der Waals surface area contributed by atoms with Gasteiger partial charge in [0.1, 0.15) is 5.75 Å². The van der Waals surface area contributed by atoms with Gasteiger partial charge in [-0.1, -0.05) is 17.7 Å². The zero-order valence-corrected chi connectivity index (χ0v) is 11.0. The molecule has 5 heteroatoms. The number of hydrogen-bond acceptors (Lipinski definition) is 3.